The zero-order chi connectivity index (χ0) is 11.5. The number of hydrogen-bond donors (Lipinski definition) is 1. The maximum Gasteiger partial charge on any atom is 0.274 e. The van der Waals surface area contributed by atoms with Gasteiger partial charge in [-0.2, -0.15) is 0 Å². The van der Waals surface area contributed by atoms with Crippen LogP contribution in [0, 0.1) is 21.8 Å². The average molecular weight is 224 g/mol. The molecular formula is C11H13FN2O2. The van der Waals surface area contributed by atoms with Gasteiger partial charge in [-0.25, -0.2) is 4.39 Å². The predicted molar refractivity (Wildman–Crippen MR) is 58.9 cm³/mol. The zero-order valence-electron chi connectivity index (χ0n) is 8.78. The van der Waals surface area contributed by atoms with Crippen LogP contribution >= 0.6 is 0 Å². The molecule has 0 atom stereocenters. The van der Waals surface area contributed by atoms with E-state index in [4.69, 9.17) is 0 Å². The maximum absolute atomic E-state index is 13.1. The summed E-state index contributed by atoms with van der Waals surface area (Å²) in [6, 6.07) is 3.57. The SMILES string of the molecule is O=[N+]([O-])c1cc(F)cc(NCC2CCC2)c1. The average Bonchev–Trinajstić information content (AvgIpc) is 2.14. The van der Waals surface area contributed by atoms with Gasteiger partial charge in [-0.3, -0.25) is 10.1 Å². The van der Waals surface area contributed by atoms with Crippen molar-refractivity contribution in [3.05, 3.63) is 34.1 Å². The molecule has 86 valence electrons. The van der Waals surface area contributed by atoms with Gasteiger partial charge in [-0.15, -0.1) is 0 Å². The third kappa shape index (κ3) is 2.48. The van der Waals surface area contributed by atoms with Crippen molar-refractivity contribution in [1.82, 2.24) is 0 Å². The van der Waals surface area contributed by atoms with E-state index in [1.54, 1.807) is 0 Å². The summed E-state index contributed by atoms with van der Waals surface area (Å²) < 4.78 is 13.1. The van der Waals surface area contributed by atoms with Crippen LogP contribution < -0.4 is 5.32 Å². The molecule has 0 radical (unpaired) electrons. The Morgan fingerprint density at radius 1 is 1.44 bits per heavy atom. The summed E-state index contributed by atoms with van der Waals surface area (Å²) >= 11 is 0. The van der Waals surface area contributed by atoms with Crippen molar-refractivity contribution in [3.63, 3.8) is 0 Å². The summed E-state index contributed by atoms with van der Waals surface area (Å²) in [5, 5.41) is 13.6. The third-order valence-corrected chi connectivity index (χ3v) is 2.91. The lowest BCUT2D eigenvalue weighted by Crippen LogP contribution is -2.20. The van der Waals surface area contributed by atoms with Gasteiger partial charge in [0.15, 0.2) is 0 Å². The summed E-state index contributed by atoms with van der Waals surface area (Å²) in [4.78, 5) is 9.94. The molecule has 0 amide bonds. The lowest BCUT2D eigenvalue weighted by molar-refractivity contribution is -0.385. The first-order valence-electron chi connectivity index (χ1n) is 5.34. The van der Waals surface area contributed by atoms with Crippen LogP contribution in [0.5, 0.6) is 0 Å². The normalized spacial score (nSPS) is 15.6. The number of benzene rings is 1. The molecule has 1 aromatic carbocycles. The van der Waals surface area contributed by atoms with Crippen LogP contribution in [-0.4, -0.2) is 11.5 Å². The van der Waals surface area contributed by atoms with E-state index >= 15 is 0 Å². The molecule has 0 aliphatic heterocycles. The summed E-state index contributed by atoms with van der Waals surface area (Å²) in [6.07, 6.45) is 3.62. The number of nitrogens with one attached hydrogen (secondary N) is 1. The van der Waals surface area contributed by atoms with Crippen LogP contribution in [0.2, 0.25) is 0 Å². The Balaban J connectivity index is 2.04. The first-order valence-corrected chi connectivity index (χ1v) is 5.34. The Hall–Kier alpha value is -1.65. The molecule has 1 aromatic rings. The number of non-ortho nitro benzene ring substituents is 1. The monoisotopic (exact) mass is 224 g/mol. The first kappa shape index (κ1) is 10.9. The van der Waals surface area contributed by atoms with Gasteiger partial charge in [0.1, 0.15) is 5.82 Å². The third-order valence-electron chi connectivity index (χ3n) is 2.91. The molecule has 0 spiro atoms. The molecular weight excluding hydrogens is 211 g/mol. The lowest BCUT2D eigenvalue weighted by atomic mass is 9.85. The highest BCUT2D eigenvalue weighted by atomic mass is 19.1. The number of rotatable bonds is 4. The smallest absolute Gasteiger partial charge is 0.274 e. The number of nitro groups is 1. The van der Waals surface area contributed by atoms with Crippen molar-refractivity contribution in [2.75, 3.05) is 11.9 Å². The second-order valence-electron chi connectivity index (χ2n) is 4.13. The molecule has 1 N–H and O–H groups in total. The predicted octanol–water partition coefficient (Wildman–Crippen LogP) is 2.95. The Bertz CT molecular complexity index is 405. The minimum atomic E-state index is -0.586. The van der Waals surface area contributed by atoms with Crippen LogP contribution in [0.4, 0.5) is 15.8 Å². The minimum Gasteiger partial charge on any atom is -0.384 e. The van der Waals surface area contributed by atoms with E-state index in [0.29, 0.717) is 11.6 Å². The standard InChI is InChI=1S/C11H13FN2O2/c12-9-4-10(6-11(5-9)14(15)16)13-7-8-2-1-3-8/h4-6,8,13H,1-3,7H2. The van der Waals surface area contributed by atoms with Crippen molar-refractivity contribution in [2.45, 2.75) is 19.3 Å². The molecule has 0 unspecified atom stereocenters. The summed E-state index contributed by atoms with van der Waals surface area (Å²) in [6.45, 7) is 0.764. The van der Waals surface area contributed by atoms with Crippen molar-refractivity contribution >= 4 is 11.4 Å². The molecule has 1 fully saturated rings. The lowest BCUT2D eigenvalue weighted by Gasteiger charge is -2.25. The van der Waals surface area contributed by atoms with Crippen molar-refractivity contribution in [2.24, 2.45) is 5.92 Å². The number of nitrogens with zero attached hydrogens (tertiary/aromatic N) is 1. The molecule has 0 saturated heterocycles. The zero-order valence-corrected chi connectivity index (χ0v) is 8.78. The molecule has 16 heavy (non-hydrogen) atoms. The Morgan fingerprint density at radius 3 is 2.75 bits per heavy atom. The van der Waals surface area contributed by atoms with E-state index in [-0.39, 0.29) is 5.69 Å². The van der Waals surface area contributed by atoms with Crippen LogP contribution in [-0.2, 0) is 0 Å². The highest BCUT2D eigenvalue weighted by Crippen LogP contribution is 2.27. The van der Waals surface area contributed by atoms with Crippen LogP contribution in [0.1, 0.15) is 19.3 Å². The van der Waals surface area contributed by atoms with E-state index in [1.807, 2.05) is 0 Å². The van der Waals surface area contributed by atoms with Gasteiger partial charge in [0.25, 0.3) is 5.69 Å². The molecule has 0 bridgehead atoms. The van der Waals surface area contributed by atoms with E-state index in [1.165, 1.54) is 31.4 Å². The second-order valence-corrected chi connectivity index (χ2v) is 4.13. The van der Waals surface area contributed by atoms with Gasteiger partial charge in [-0.05, 0) is 24.8 Å². The molecule has 0 aromatic heterocycles. The van der Waals surface area contributed by atoms with E-state index in [0.717, 1.165) is 12.6 Å². The Labute approximate surface area is 92.6 Å². The van der Waals surface area contributed by atoms with E-state index in [2.05, 4.69) is 5.32 Å². The Morgan fingerprint density at radius 2 is 2.19 bits per heavy atom. The first-order chi connectivity index (χ1) is 7.65. The molecule has 1 aliphatic carbocycles. The van der Waals surface area contributed by atoms with Gasteiger partial charge >= 0.3 is 0 Å². The highest BCUT2D eigenvalue weighted by Gasteiger charge is 2.17. The second kappa shape index (κ2) is 4.47. The van der Waals surface area contributed by atoms with Crippen molar-refractivity contribution in [3.8, 4) is 0 Å². The van der Waals surface area contributed by atoms with Crippen LogP contribution in [0.3, 0.4) is 0 Å². The van der Waals surface area contributed by atoms with Crippen molar-refractivity contribution in [1.29, 1.82) is 0 Å². The summed E-state index contributed by atoms with van der Waals surface area (Å²) in [5.74, 6) is 0.0487. The highest BCUT2D eigenvalue weighted by molar-refractivity contribution is 5.51. The van der Waals surface area contributed by atoms with Gasteiger partial charge < -0.3 is 5.32 Å². The molecule has 5 heteroatoms. The summed E-state index contributed by atoms with van der Waals surface area (Å²) in [7, 11) is 0. The number of nitro benzene ring substituents is 1. The fraction of sp³-hybridized carbons (Fsp3) is 0.455. The molecule has 4 nitrogen and oxygen atoms in total. The van der Waals surface area contributed by atoms with Gasteiger partial charge in [0, 0.05) is 18.3 Å². The number of anilines is 1. The fourth-order valence-electron chi connectivity index (χ4n) is 1.74. The van der Waals surface area contributed by atoms with E-state index < -0.39 is 10.7 Å². The topological polar surface area (TPSA) is 55.2 Å². The quantitative estimate of drug-likeness (QED) is 0.631. The van der Waals surface area contributed by atoms with E-state index in [9.17, 15) is 14.5 Å². The molecule has 1 saturated carbocycles. The Kier molecular flexibility index (Phi) is 3.03. The molecule has 1 aliphatic rings. The minimum absolute atomic E-state index is 0.212. The van der Waals surface area contributed by atoms with Gasteiger partial charge in [-0.1, -0.05) is 6.42 Å². The van der Waals surface area contributed by atoms with Crippen molar-refractivity contribution < 1.29 is 9.31 Å². The summed E-state index contributed by atoms with van der Waals surface area (Å²) in [5.41, 5.74) is 0.273. The maximum atomic E-state index is 13.1. The fourth-order valence-corrected chi connectivity index (χ4v) is 1.74. The largest absolute Gasteiger partial charge is 0.384 e. The van der Waals surface area contributed by atoms with Gasteiger partial charge in [0.05, 0.1) is 11.0 Å². The molecule has 2 rings (SSSR count). The number of hydrogen-bond acceptors (Lipinski definition) is 3. The van der Waals surface area contributed by atoms with Gasteiger partial charge in [0.2, 0.25) is 0 Å². The number of halogens is 1. The van der Waals surface area contributed by atoms with Crippen LogP contribution in [0.15, 0.2) is 18.2 Å². The molecule has 0 heterocycles. The van der Waals surface area contributed by atoms with Crippen LogP contribution in [0.25, 0.3) is 0 Å².